The highest BCUT2D eigenvalue weighted by molar-refractivity contribution is 7.81. The summed E-state index contributed by atoms with van der Waals surface area (Å²) in [4.78, 5) is 16.7. The Labute approximate surface area is 212 Å². The van der Waals surface area contributed by atoms with Crippen molar-refractivity contribution >= 4 is 34.8 Å². The maximum atomic E-state index is 15.1. The molecule has 1 fully saturated rings. The molecule has 4 rings (SSSR count). The van der Waals surface area contributed by atoms with E-state index in [1.54, 1.807) is 0 Å². The number of nitrogens with zero attached hydrogens (tertiary/aromatic N) is 4. The number of carbonyl (C=O) groups is 1. The molecule has 0 spiro atoms. The third-order valence-corrected chi connectivity index (χ3v) is 6.97. The summed E-state index contributed by atoms with van der Waals surface area (Å²) in [6.07, 6.45) is -2.61. The lowest BCUT2D eigenvalue weighted by atomic mass is 9.93. The van der Waals surface area contributed by atoms with Gasteiger partial charge < -0.3 is 4.74 Å². The van der Waals surface area contributed by atoms with Crippen molar-refractivity contribution in [3.8, 4) is 11.6 Å². The van der Waals surface area contributed by atoms with Crippen LogP contribution in [0, 0.1) is 0 Å². The van der Waals surface area contributed by atoms with Gasteiger partial charge in [0.05, 0.1) is 35.5 Å². The van der Waals surface area contributed by atoms with Crippen LogP contribution in [0.25, 0.3) is 11.8 Å². The van der Waals surface area contributed by atoms with E-state index in [1.165, 1.54) is 41.4 Å². The standard InChI is InChI=1S/C22H24ClF4N5O3S/c1-31(2)36(34)30-20(33)14-9-15-18(10-17(14)24)32(29-19(15)12-4-5-12)13-8-16(23)21(28-11-13)35-7-3-6-22(25,26)27/h8-9,11-12,17H,3-7,10H2,1-2H3,(H,30,33). The second-order valence-electron chi connectivity index (χ2n) is 8.74. The van der Waals surface area contributed by atoms with Gasteiger partial charge in [-0.2, -0.15) is 18.3 Å². The summed E-state index contributed by atoms with van der Waals surface area (Å²) in [6, 6.07) is 1.50. The molecule has 1 N–H and O–H groups in total. The van der Waals surface area contributed by atoms with E-state index < -0.39 is 35.8 Å². The Balaban J connectivity index is 1.59. The largest absolute Gasteiger partial charge is 0.477 e. The van der Waals surface area contributed by atoms with Crippen molar-refractivity contribution in [2.24, 2.45) is 0 Å². The first-order chi connectivity index (χ1) is 16.9. The van der Waals surface area contributed by atoms with Gasteiger partial charge in [0.15, 0.2) is 11.2 Å². The van der Waals surface area contributed by atoms with Gasteiger partial charge in [0.2, 0.25) is 5.88 Å². The minimum Gasteiger partial charge on any atom is -0.477 e. The Hall–Kier alpha value is -2.51. The summed E-state index contributed by atoms with van der Waals surface area (Å²) in [5.74, 6) is -0.596. The first-order valence-corrected chi connectivity index (χ1v) is 12.7. The fraction of sp³-hybridized carbons (Fsp3) is 0.500. The number of ether oxygens (including phenoxy) is 1. The lowest BCUT2D eigenvalue weighted by molar-refractivity contribution is -0.136. The van der Waals surface area contributed by atoms with Crippen LogP contribution in [0.1, 0.15) is 48.6 Å². The molecule has 14 heteroatoms. The fourth-order valence-electron chi connectivity index (χ4n) is 3.75. The number of carbonyl (C=O) groups excluding carboxylic acids is 1. The lowest BCUT2D eigenvalue weighted by Gasteiger charge is -2.20. The van der Waals surface area contributed by atoms with Crippen molar-refractivity contribution < 1.29 is 31.3 Å². The van der Waals surface area contributed by atoms with E-state index in [2.05, 4.69) is 14.8 Å². The SMILES string of the molecule is CN(C)S(=O)NC(=O)C1=Cc2c(C3CC3)nn(-c3cnc(OCCCC(F)(F)F)c(Cl)c3)c2CC1F. The Morgan fingerprint density at radius 2 is 2.08 bits per heavy atom. The molecular formula is C22H24ClF4N5O3S. The van der Waals surface area contributed by atoms with Crippen LogP contribution in [0.4, 0.5) is 17.6 Å². The van der Waals surface area contributed by atoms with Gasteiger partial charge in [0.25, 0.3) is 5.91 Å². The number of fused-ring (bicyclic) bond motifs is 1. The highest BCUT2D eigenvalue weighted by Crippen LogP contribution is 2.44. The molecule has 1 amide bonds. The Bertz CT molecular complexity index is 1210. The van der Waals surface area contributed by atoms with Gasteiger partial charge >= 0.3 is 6.18 Å². The molecule has 0 aromatic carbocycles. The number of halogens is 5. The van der Waals surface area contributed by atoms with Crippen LogP contribution in [0.5, 0.6) is 5.88 Å². The molecule has 2 atom stereocenters. The molecule has 0 bridgehead atoms. The molecule has 0 radical (unpaired) electrons. The molecule has 2 aromatic heterocycles. The minimum atomic E-state index is -4.27. The van der Waals surface area contributed by atoms with E-state index in [1.807, 2.05) is 0 Å². The second kappa shape index (κ2) is 10.5. The first kappa shape index (κ1) is 26.6. The highest BCUT2D eigenvalue weighted by Gasteiger charge is 2.37. The van der Waals surface area contributed by atoms with Crippen LogP contribution in [0.2, 0.25) is 5.02 Å². The monoisotopic (exact) mass is 549 g/mol. The van der Waals surface area contributed by atoms with Crippen molar-refractivity contribution in [3.63, 3.8) is 0 Å². The number of pyridine rings is 1. The van der Waals surface area contributed by atoms with Gasteiger partial charge in [-0.15, -0.1) is 0 Å². The third kappa shape index (κ3) is 6.06. The molecule has 2 aromatic rings. The van der Waals surface area contributed by atoms with Crippen molar-refractivity contribution in [2.75, 3.05) is 20.7 Å². The van der Waals surface area contributed by atoms with E-state index in [4.69, 9.17) is 16.3 Å². The maximum Gasteiger partial charge on any atom is 0.389 e. The number of rotatable bonds is 9. The molecule has 196 valence electrons. The Morgan fingerprint density at radius 1 is 1.36 bits per heavy atom. The van der Waals surface area contributed by atoms with Gasteiger partial charge in [0.1, 0.15) is 11.2 Å². The number of alkyl halides is 4. The topological polar surface area (TPSA) is 89.4 Å². The smallest absolute Gasteiger partial charge is 0.389 e. The molecule has 1 saturated carbocycles. The zero-order valence-corrected chi connectivity index (χ0v) is 21.0. The molecule has 8 nitrogen and oxygen atoms in total. The third-order valence-electron chi connectivity index (χ3n) is 5.68. The van der Waals surface area contributed by atoms with E-state index in [-0.39, 0.29) is 41.8 Å². The number of amides is 1. The average molecular weight is 550 g/mol. The zero-order chi connectivity index (χ0) is 26.2. The number of nitrogens with one attached hydrogen (secondary N) is 1. The highest BCUT2D eigenvalue weighted by atomic mass is 35.5. The molecule has 2 unspecified atom stereocenters. The summed E-state index contributed by atoms with van der Waals surface area (Å²) in [5.41, 5.74) is 2.19. The van der Waals surface area contributed by atoms with Crippen LogP contribution in [0.15, 0.2) is 17.8 Å². The molecule has 2 aliphatic carbocycles. The molecule has 0 saturated heterocycles. The summed E-state index contributed by atoms with van der Waals surface area (Å²) in [5, 5.41) is 4.73. The number of hydrogen-bond acceptors (Lipinski definition) is 5. The lowest BCUT2D eigenvalue weighted by Crippen LogP contribution is -2.37. The van der Waals surface area contributed by atoms with Crippen LogP contribution in [-0.4, -0.2) is 62.2 Å². The summed E-state index contributed by atoms with van der Waals surface area (Å²) in [7, 11) is 3.04. The fourth-order valence-corrected chi connectivity index (χ4v) is 4.43. The van der Waals surface area contributed by atoms with Crippen LogP contribution < -0.4 is 9.46 Å². The van der Waals surface area contributed by atoms with Gasteiger partial charge in [-0.1, -0.05) is 11.6 Å². The van der Waals surface area contributed by atoms with Crippen molar-refractivity contribution in [1.29, 1.82) is 0 Å². The van der Waals surface area contributed by atoms with Crippen LogP contribution >= 0.6 is 11.6 Å². The van der Waals surface area contributed by atoms with Gasteiger partial charge in [-0.3, -0.25) is 9.52 Å². The summed E-state index contributed by atoms with van der Waals surface area (Å²) in [6.45, 7) is -0.202. The van der Waals surface area contributed by atoms with Gasteiger partial charge in [0, 0.05) is 38.4 Å². The number of hydrogen-bond donors (Lipinski definition) is 1. The molecular weight excluding hydrogens is 526 g/mol. The predicted molar refractivity (Wildman–Crippen MR) is 126 cm³/mol. The minimum absolute atomic E-state index is 0.0119. The Morgan fingerprint density at radius 3 is 2.69 bits per heavy atom. The van der Waals surface area contributed by atoms with E-state index in [9.17, 15) is 22.2 Å². The molecule has 36 heavy (non-hydrogen) atoms. The van der Waals surface area contributed by atoms with Crippen LogP contribution in [-0.2, 0) is 22.4 Å². The normalized spacial score (nSPS) is 18.6. The van der Waals surface area contributed by atoms with Crippen LogP contribution in [0.3, 0.4) is 0 Å². The summed E-state index contributed by atoms with van der Waals surface area (Å²) < 4.78 is 74.4. The van der Waals surface area contributed by atoms with Crippen molar-refractivity contribution in [2.45, 2.75) is 50.4 Å². The molecule has 2 aliphatic rings. The van der Waals surface area contributed by atoms with E-state index in [0.717, 1.165) is 18.5 Å². The average Bonchev–Trinajstić information content (AvgIpc) is 3.57. The summed E-state index contributed by atoms with van der Waals surface area (Å²) >= 11 is 4.46. The van der Waals surface area contributed by atoms with E-state index in [0.29, 0.717) is 16.9 Å². The quantitative estimate of drug-likeness (QED) is 0.376. The predicted octanol–water partition coefficient (Wildman–Crippen LogP) is 4.05. The van der Waals surface area contributed by atoms with E-state index >= 15 is 4.39 Å². The second-order valence-corrected chi connectivity index (χ2v) is 10.6. The number of aromatic nitrogens is 3. The molecule has 0 aliphatic heterocycles. The van der Waals surface area contributed by atoms with Gasteiger partial charge in [-0.05, 0) is 31.4 Å². The molecule has 2 heterocycles. The Kier molecular flexibility index (Phi) is 7.72. The zero-order valence-electron chi connectivity index (χ0n) is 19.4. The first-order valence-electron chi connectivity index (χ1n) is 11.2. The maximum absolute atomic E-state index is 15.1. The van der Waals surface area contributed by atoms with Crippen molar-refractivity contribution in [3.05, 3.63) is 39.8 Å². The van der Waals surface area contributed by atoms with Gasteiger partial charge in [-0.25, -0.2) is 22.6 Å². The van der Waals surface area contributed by atoms with Crippen molar-refractivity contribution in [1.82, 2.24) is 23.8 Å².